The number of anilines is 1. The molecule has 9 nitrogen and oxygen atoms in total. The fourth-order valence-corrected chi connectivity index (χ4v) is 3.82. The molecule has 3 heterocycles. The second-order valence-electron chi connectivity index (χ2n) is 8.38. The molecule has 0 spiro atoms. The van der Waals surface area contributed by atoms with Gasteiger partial charge in [-0.15, -0.1) is 10.2 Å². The summed E-state index contributed by atoms with van der Waals surface area (Å²) < 4.78 is 3.67. The van der Waals surface area contributed by atoms with Crippen LogP contribution in [0.4, 0.5) is 5.82 Å². The first-order valence-electron chi connectivity index (χ1n) is 11.2. The number of carbonyl (C=O) groups excluding carboxylic acids is 2. The van der Waals surface area contributed by atoms with E-state index in [9.17, 15) is 9.59 Å². The SMILES string of the molecule is CC(C)n1cnnc1-c1cccc(NC(=O)c2ccc3ncn(CC(=O)c4ccccc4)c3c2)n1. The van der Waals surface area contributed by atoms with E-state index in [0.717, 1.165) is 0 Å². The molecule has 5 rings (SSSR count). The molecule has 0 saturated carbocycles. The lowest BCUT2D eigenvalue weighted by Gasteiger charge is -2.11. The summed E-state index contributed by atoms with van der Waals surface area (Å²) in [4.78, 5) is 34.6. The molecule has 0 saturated heterocycles. The Labute approximate surface area is 201 Å². The van der Waals surface area contributed by atoms with Crippen molar-refractivity contribution in [1.82, 2.24) is 29.3 Å². The summed E-state index contributed by atoms with van der Waals surface area (Å²) in [7, 11) is 0. The average molecular weight is 466 g/mol. The van der Waals surface area contributed by atoms with Crippen LogP contribution in [0.25, 0.3) is 22.6 Å². The van der Waals surface area contributed by atoms with E-state index in [1.54, 1.807) is 53.6 Å². The van der Waals surface area contributed by atoms with Crippen molar-refractivity contribution in [3.63, 3.8) is 0 Å². The number of rotatable bonds is 7. The van der Waals surface area contributed by atoms with Gasteiger partial charge in [0.1, 0.15) is 17.8 Å². The van der Waals surface area contributed by atoms with Gasteiger partial charge in [0.05, 0.1) is 23.9 Å². The van der Waals surface area contributed by atoms with Crippen LogP contribution in [0, 0.1) is 0 Å². The summed E-state index contributed by atoms with van der Waals surface area (Å²) in [5.41, 5.74) is 3.08. The van der Waals surface area contributed by atoms with Gasteiger partial charge in [0, 0.05) is 17.2 Å². The monoisotopic (exact) mass is 465 g/mol. The second kappa shape index (κ2) is 9.30. The lowest BCUT2D eigenvalue weighted by Crippen LogP contribution is -2.14. The fraction of sp³-hybridized carbons (Fsp3) is 0.154. The number of Topliss-reactive ketones (excluding diaryl/α,β-unsaturated/α-hetero) is 1. The molecule has 0 unspecified atom stereocenters. The Morgan fingerprint density at radius 1 is 0.943 bits per heavy atom. The van der Waals surface area contributed by atoms with E-state index >= 15 is 0 Å². The van der Waals surface area contributed by atoms with E-state index < -0.39 is 0 Å². The van der Waals surface area contributed by atoms with E-state index in [4.69, 9.17) is 0 Å². The molecule has 3 aromatic heterocycles. The number of ketones is 1. The number of nitrogens with one attached hydrogen (secondary N) is 1. The van der Waals surface area contributed by atoms with Crippen LogP contribution in [0.1, 0.15) is 40.6 Å². The smallest absolute Gasteiger partial charge is 0.256 e. The summed E-state index contributed by atoms with van der Waals surface area (Å²) in [6.07, 6.45) is 3.27. The molecule has 1 N–H and O–H groups in total. The Morgan fingerprint density at radius 3 is 2.57 bits per heavy atom. The predicted molar refractivity (Wildman–Crippen MR) is 132 cm³/mol. The highest BCUT2D eigenvalue weighted by molar-refractivity contribution is 6.05. The van der Waals surface area contributed by atoms with Crippen molar-refractivity contribution in [3.05, 3.63) is 90.5 Å². The van der Waals surface area contributed by atoms with Gasteiger partial charge in [-0.3, -0.25) is 9.59 Å². The minimum Gasteiger partial charge on any atom is -0.323 e. The van der Waals surface area contributed by atoms with Crippen LogP contribution in [0.3, 0.4) is 0 Å². The van der Waals surface area contributed by atoms with Crippen molar-refractivity contribution in [2.75, 3.05) is 5.32 Å². The molecule has 0 aliphatic rings. The Bertz CT molecular complexity index is 1520. The minimum atomic E-state index is -0.316. The molecular formula is C26H23N7O2. The summed E-state index contributed by atoms with van der Waals surface area (Å²) in [6.45, 7) is 4.20. The topological polar surface area (TPSA) is 108 Å². The van der Waals surface area contributed by atoms with Crippen molar-refractivity contribution < 1.29 is 9.59 Å². The van der Waals surface area contributed by atoms with Gasteiger partial charge in [0.2, 0.25) is 0 Å². The number of aromatic nitrogens is 6. The summed E-state index contributed by atoms with van der Waals surface area (Å²) in [5, 5.41) is 11.0. The zero-order valence-corrected chi connectivity index (χ0v) is 19.3. The summed E-state index contributed by atoms with van der Waals surface area (Å²) in [5.74, 6) is 0.683. The Kier molecular flexibility index (Phi) is 5.88. The molecule has 0 aliphatic carbocycles. The standard InChI is InChI=1S/C26H23N7O2/c1-17(2)33-16-28-31-25(33)21-9-6-10-24(29-21)30-26(35)19-11-12-20-22(13-19)32(15-27-20)14-23(34)18-7-4-3-5-8-18/h3-13,15-17H,14H2,1-2H3,(H,29,30,35). The Hall–Kier alpha value is -4.66. The van der Waals surface area contributed by atoms with Crippen molar-refractivity contribution in [2.24, 2.45) is 0 Å². The molecule has 5 aromatic rings. The highest BCUT2D eigenvalue weighted by Crippen LogP contribution is 2.21. The minimum absolute atomic E-state index is 0.0324. The highest BCUT2D eigenvalue weighted by Gasteiger charge is 2.15. The predicted octanol–water partition coefficient (Wildman–Crippen LogP) is 4.41. The van der Waals surface area contributed by atoms with Crippen molar-refractivity contribution in [1.29, 1.82) is 0 Å². The Morgan fingerprint density at radius 2 is 1.77 bits per heavy atom. The zero-order valence-electron chi connectivity index (χ0n) is 19.3. The first-order chi connectivity index (χ1) is 17.0. The normalized spacial score (nSPS) is 11.2. The average Bonchev–Trinajstić information content (AvgIpc) is 3.52. The van der Waals surface area contributed by atoms with E-state index in [-0.39, 0.29) is 24.3 Å². The van der Waals surface area contributed by atoms with Crippen LogP contribution in [-0.2, 0) is 6.54 Å². The van der Waals surface area contributed by atoms with Crippen molar-refractivity contribution in [3.8, 4) is 11.5 Å². The number of benzene rings is 2. The third-order valence-electron chi connectivity index (χ3n) is 5.64. The number of carbonyl (C=O) groups is 2. The first-order valence-corrected chi connectivity index (χ1v) is 11.2. The van der Waals surface area contributed by atoms with Gasteiger partial charge in [-0.1, -0.05) is 36.4 Å². The third-order valence-corrected chi connectivity index (χ3v) is 5.64. The maximum Gasteiger partial charge on any atom is 0.256 e. The van der Waals surface area contributed by atoms with Crippen molar-refractivity contribution in [2.45, 2.75) is 26.4 Å². The van der Waals surface area contributed by atoms with Gasteiger partial charge in [0.15, 0.2) is 11.6 Å². The van der Waals surface area contributed by atoms with Crippen LogP contribution in [0.5, 0.6) is 0 Å². The number of hydrogen-bond acceptors (Lipinski definition) is 6. The van der Waals surface area contributed by atoms with E-state index in [2.05, 4.69) is 25.5 Å². The summed E-state index contributed by atoms with van der Waals surface area (Å²) in [6, 6.07) is 19.8. The van der Waals surface area contributed by atoms with Gasteiger partial charge in [-0.05, 0) is 44.2 Å². The van der Waals surface area contributed by atoms with Gasteiger partial charge >= 0.3 is 0 Å². The van der Waals surface area contributed by atoms with Gasteiger partial charge in [-0.25, -0.2) is 9.97 Å². The van der Waals surface area contributed by atoms with Crippen LogP contribution in [0.2, 0.25) is 0 Å². The van der Waals surface area contributed by atoms with E-state index in [1.807, 2.05) is 48.7 Å². The maximum atomic E-state index is 13.0. The molecule has 9 heteroatoms. The summed E-state index contributed by atoms with van der Waals surface area (Å²) >= 11 is 0. The lowest BCUT2D eigenvalue weighted by atomic mass is 10.1. The van der Waals surface area contributed by atoms with Crippen LogP contribution in [0.15, 0.2) is 79.4 Å². The quantitative estimate of drug-likeness (QED) is 0.357. The van der Waals surface area contributed by atoms with E-state index in [1.165, 1.54) is 0 Å². The van der Waals surface area contributed by atoms with Crippen LogP contribution >= 0.6 is 0 Å². The molecule has 0 fully saturated rings. The van der Waals surface area contributed by atoms with Gasteiger partial charge in [0.25, 0.3) is 5.91 Å². The molecular weight excluding hydrogens is 442 g/mol. The number of pyridine rings is 1. The number of fused-ring (bicyclic) bond motifs is 1. The molecule has 174 valence electrons. The molecule has 0 bridgehead atoms. The van der Waals surface area contributed by atoms with Gasteiger partial charge in [-0.2, -0.15) is 0 Å². The van der Waals surface area contributed by atoms with Crippen molar-refractivity contribution >= 4 is 28.5 Å². The molecule has 0 atom stereocenters. The van der Waals surface area contributed by atoms with Crippen LogP contribution < -0.4 is 5.32 Å². The van der Waals surface area contributed by atoms with Gasteiger partial charge < -0.3 is 14.5 Å². The lowest BCUT2D eigenvalue weighted by molar-refractivity contribution is 0.0972. The highest BCUT2D eigenvalue weighted by atomic mass is 16.1. The fourth-order valence-electron chi connectivity index (χ4n) is 3.82. The van der Waals surface area contributed by atoms with Crippen LogP contribution in [-0.4, -0.2) is 41.0 Å². The molecule has 1 amide bonds. The molecule has 0 radical (unpaired) electrons. The Balaban J connectivity index is 1.37. The molecule has 0 aliphatic heterocycles. The largest absolute Gasteiger partial charge is 0.323 e. The number of amides is 1. The number of imidazole rings is 1. The molecule has 2 aromatic carbocycles. The maximum absolute atomic E-state index is 13.0. The molecule has 35 heavy (non-hydrogen) atoms. The second-order valence-corrected chi connectivity index (χ2v) is 8.38. The zero-order chi connectivity index (χ0) is 24.4. The number of nitrogens with zero attached hydrogens (tertiary/aromatic N) is 6. The van der Waals surface area contributed by atoms with E-state index in [0.29, 0.717) is 39.5 Å². The first kappa shape index (κ1) is 22.1. The third kappa shape index (κ3) is 4.56. The number of hydrogen-bond donors (Lipinski definition) is 1.